The van der Waals surface area contributed by atoms with Crippen molar-refractivity contribution in [1.82, 2.24) is 10.3 Å². The minimum absolute atomic E-state index is 0.121. The molecule has 2 aromatic rings. The predicted molar refractivity (Wildman–Crippen MR) is 69.9 cm³/mol. The topological polar surface area (TPSA) is 45.1 Å². The molecular weight excluding hydrogens is 212 g/mol. The van der Waals surface area contributed by atoms with Crippen molar-refractivity contribution in [3.63, 3.8) is 0 Å². The van der Waals surface area contributed by atoms with Crippen molar-refractivity contribution in [3.8, 4) is 0 Å². The van der Waals surface area contributed by atoms with Crippen LogP contribution in [0, 0.1) is 0 Å². The molecule has 90 valence electrons. The highest BCUT2D eigenvalue weighted by atomic mass is 16.3. The quantitative estimate of drug-likeness (QED) is 0.828. The van der Waals surface area contributed by atoms with E-state index in [1.165, 1.54) is 5.39 Å². The Balaban J connectivity index is 2.44. The number of pyridine rings is 1. The fraction of sp³-hybridized carbons (Fsp3) is 0.357. The molecule has 17 heavy (non-hydrogen) atoms. The van der Waals surface area contributed by atoms with E-state index in [4.69, 9.17) is 5.11 Å². The van der Waals surface area contributed by atoms with Crippen molar-refractivity contribution in [2.24, 2.45) is 0 Å². The Labute approximate surface area is 102 Å². The summed E-state index contributed by atoms with van der Waals surface area (Å²) in [5.41, 5.74) is 1.03. The number of nitrogens with zero attached hydrogens (tertiary/aromatic N) is 1. The SMILES string of the molecule is CCN[C@H](CCO)c1nccc2ccccc12. The summed E-state index contributed by atoms with van der Waals surface area (Å²) in [6, 6.07) is 10.4. The molecule has 3 heteroatoms. The number of rotatable bonds is 5. The van der Waals surface area contributed by atoms with Gasteiger partial charge in [0.1, 0.15) is 0 Å². The van der Waals surface area contributed by atoms with Gasteiger partial charge in [-0.05, 0) is 24.4 Å². The number of aliphatic hydroxyl groups excluding tert-OH is 1. The summed E-state index contributed by atoms with van der Waals surface area (Å²) in [5.74, 6) is 0. The highest BCUT2D eigenvalue weighted by Crippen LogP contribution is 2.23. The number of aliphatic hydroxyl groups is 1. The number of aromatic nitrogens is 1. The molecule has 0 saturated heterocycles. The first-order chi connectivity index (χ1) is 8.36. The van der Waals surface area contributed by atoms with Gasteiger partial charge in [0.2, 0.25) is 0 Å². The molecule has 1 aromatic heterocycles. The average molecular weight is 230 g/mol. The van der Waals surface area contributed by atoms with Gasteiger partial charge in [-0.2, -0.15) is 0 Å². The Kier molecular flexibility index (Phi) is 4.07. The molecule has 0 aliphatic carbocycles. The average Bonchev–Trinajstić information content (AvgIpc) is 2.38. The Morgan fingerprint density at radius 3 is 2.88 bits per heavy atom. The van der Waals surface area contributed by atoms with Crippen LogP contribution in [-0.2, 0) is 0 Å². The van der Waals surface area contributed by atoms with E-state index in [1.54, 1.807) is 0 Å². The molecule has 1 aromatic carbocycles. The maximum absolute atomic E-state index is 9.13. The van der Waals surface area contributed by atoms with Gasteiger partial charge in [-0.1, -0.05) is 31.2 Å². The molecule has 0 radical (unpaired) electrons. The van der Waals surface area contributed by atoms with Crippen LogP contribution in [0.2, 0.25) is 0 Å². The van der Waals surface area contributed by atoms with Crippen LogP contribution in [0.25, 0.3) is 10.8 Å². The van der Waals surface area contributed by atoms with Crippen LogP contribution in [0.4, 0.5) is 0 Å². The van der Waals surface area contributed by atoms with E-state index in [-0.39, 0.29) is 12.6 Å². The maximum Gasteiger partial charge on any atom is 0.0652 e. The van der Waals surface area contributed by atoms with Crippen molar-refractivity contribution in [3.05, 3.63) is 42.2 Å². The lowest BCUT2D eigenvalue weighted by atomic mass is 10.0. The van der Waals surface area contributed by atoms with Gasteiger partial charge in [-0.3, -0.25) is 4.98 Å². The van der Waals surface area contributed by atoms with E-state index in [1.807, 2.05) is 24.4 Å². The van der Waals surface area contributed by atoms with Crippen molar-refractivity contribution >= 4 is 10.8 Å². The molecule has 0 amide bonds. The highest BCUT2D eigenvalue weighted by molar-refractivity contribution is 5.84. The minimum atomic E-state index is 0.121. The highest BCUT2D eigenvalue weighted by Gasteiger charge is 2.13. The lowest BCUT2D eigenvalue weighted by molar-refractivity contribution is 0.265. The smallest absolute Gasteiger partial charge is 0.0652 e. The molecule has 0 saturated carbocycles. The molecule has 2 rings (SSSR count). The minimum Gasteiger partial charge on any atom is -0.396 e. The van der Waals surface area contributed by atoms with Gasteiger partial charge in [0.15, 0.2) is 0 Å². The Morgan fingerprint density at radius 2 is 2.12 bits per heavy atom. The van der Waals surface area contributed by atoms with E-state index in [0.717, 1.165) is 17.6 Å². The lowest BCUT2D eigenvalue weighted by Gasteiger charge is -2.17. The van der Waals surface area contributed by atoms with Gasteiger partial charge >= 0.3 is 0 Å². The Morgan fingerprint density at radius 1 is 1.29 bits per heavy atom. The van der Waals surface area contributed by atoms with Crippen LogP contribution in [0.3, 0.4) is 0 Å². The third kappa shape index (κ3) is 2.62. The third-order valence-corrected chi connectivity index (χ3v) is 2.90. The van der Waals surface area contributed by atoms with Crippen LogP contribution in [-0.4, -0.2) is 23.2 Å². The first kappa shape index (κ1) is 12.0. The van der Waals surface area contributed by atoms with Crippen molar-refractivity contribution in [1.29, 1.82) is 0 Å². The second-order valence-electron chi connectivity index (χ2n) is 4.04. The van der Waals surface area contributed by atoms with E-state index in [2.05, 4.69) is 29.4 Å². The number of nitrogens with one attached hydrogen (secondary N) is 1. The molecule has 0 spiro atoms. The first-order valence-electron chi connectivity index (χ1n) is 6.04. The van der Waals surface area contributed by atoms with E-state index in [0.29, 0.717) is 6.42 Å². The maximum atomic E-state index is 9.13. The normalized spacial score (nSPS) is 12.8. The van der Waals surface area contributed by atoms with Crippen LogP contribution in [0.1, 0.15) is 25.1 Å². The van der Waals surface area contributed by atoms with Gasteiger partial charge < -0.3 is 10.4 Å². The van der Waals surface area contributed by atoms with Gasteiger partial charge in [-0.25, -0.2) is 0 Å². The second-order valence-corrected chi connectivity index (χ2v) is 4.04. The molecule has 1 atom stereocenters. The van der Waals surface area contributed by atoms with Crippen molar-refractivity contribution < 1.29 is 5.11 Å². The number of hydrogen-bond acceptors (Lipinski definition) is 3. The fourth-order valence-corrected chi connectivity index (χ4v) is 2.13. The van der Waals surface area contributed by atoms with Crippen LogP contribution >= 0.6 is 0 Å². The van der Waals surface area contributed by atoms with Crippen LogP contribution in [0.15, 0.2) is 36.5 Å². The summed E-state index contributed by atoms with van der Waals surface area (Å²) in [6.07, 6.45) is 2.52. The molecule has 3 nitrogen and oxygen atoms in total. The Bertz CT molecular complexity index is 473. The summed E-state index contributed by atoms with van der Waals surface area (Å²) >= 11 is 0. The molecule has 0 fully saturated rings. The number of hydrogen-bond donors (Lipinski definition) is 2. The monoisotopic (exact) mass is 230 g/mol. The zero-order chi connectivity index (χ0) is 12.1. The molecule has 0 unspecified atom stereocenters. The summed E-state index contributed by atoms with van der Waals surface area (Å²) < 4.78 is 0. The molecule has 0 aliphatic heterocycles. The third-order valence-electron chi connectivity index (χ3n) is 2.90. The summed E-state index contributed by atoms with van der Waals surface area (Å²) in [7, 11) is 0. The largest absolute Gasteiger partial charge is 0.396 e. The Hall–Kier alpha value is -1.45. The van der Waals surface area contributed by atoms with Gasteiger partial charge in [0, 0.05) is 18.2 Å². The van der Waals surface area contributed by atoms with Crippen LogP contribution in [0.5, 0.6) is 0 Å². The standard InChI is InChI=1S/C14H18N2O/c1-2-15-13(8-10-17)14-12-6-4-3-5-11(12)7-9-16-14/h3-7,9,13,15,17H,2,8,10H2,1H3/t13-/m1/s1. The molecule has 1 heterocycles. The van der Waals surface area contributed by atoms with E-state index < -0.39 is 0 Å². The van der Waals surface area contributed by atoms with Gasteiger partial charge in [-0.15, -0.1) is 0 Å². The molecule has 0 bridgehead atoms. The van der Waals surface area contributed by atoms with Crippen molar-refractivity contribution in [2.75, 3.05) is 13.2 Å². The van der Waals surface area contributed by atoms with Gasteiger partial charge in [0.05, 0.1) is 11.7 Å². The summed E-state index contributed by atoms with van der Waals surface area (Å²) in [6.45, 7) is 3.10. The van der Waals surface area contributed by atoms with Crippen LogP contribution < -0.4 is 5.32 Å². The fourth-order valence-electron chi connectivity index (χ4n) is 2.13. The summed E-state index contributed by atoms with van der Waals surface area (Å²) in [4.78, 5) is 4.47. The number of benzene rings is 1. The summed E-state index contributed by atoms with van der Waals surface area (Å²) in [5, 5.41) is 14.9. The number of fused-ring (bicyclic) bond motifs is 1. The molecular formula is C14H18N2O. The predicted octanol–water partition coefficient (Wildman–Crippen LogP) is 2.27. The van der Waals surface area contributed by atoms with Crippen molar-refractivity contribution in [2.45, 2.75) is 19.4 Å². The van der Waals surface area contributed by atoms with E-state index in [9.17, 15) is 0 Å². The lowest BCUT2D eigenvalue weighted by Crippen LogP contribution is -2.23. The zero-order valence-corrected chi connectivity index (χ0v) is 10.1. The first-order valence-corrected chi connectivity index (χ1v) is 6.04. The molecule has 2 N–H and O–H groups in total. The second kappa shape index (κ2) is 5.75. The van der Waals surface area contributed by atoms with Gasteiger partial charge in [0.25, 0.3) is 0 Å². The molecule has 0 aliphatic rings. The zero-order valence-electron chi connectivity index (χ0n) is 10.1. The van der Waals surface area contributed by atoms with E-state index >= 15 is 0 Å².